The number of fused-ring (bicyclic) bond motifs is 1. The van der Waals surface area contributed by atoms with Gasteiger partial charge in [0.15, 0.2) is 16.6 Å². The topological polar surface area (TPSA) is 60.9 Å². The molecule has 3 aromatic heterocycles. The van der Waals surface area contributed by atoms with Crippen molar-refractivity contribution < 1.29 is 0 Å². The van der Waals surface area contributed by atoms with E-state index in [2.05, 4.69) is 20.3 Å². The minimum absolute atomic E-state index is 0.343. The Labute approximate surface area is 108 Å². The third-order valence-corrected chi connectivity index (χ3v) is 3.28. The van der Waals surface area contributed by atoms with Crippen molar-refractivity contribution in [1.29, 1.82) is 0 Å². The van der Waals surface area contributed by atoms with Crippen LogP contribution in [0.15, 0.2) is 12.4 Å². The molecule has 0 spiro atoms. The van der Waals surface area contributed by atoms with Crippen LogP contribution in [0.5, 0.6) is 0 Å². The van der Waals surface area contributed by atoms with Crippen molar-refractivity contribution in [2.45, 2.75) is 13.8 Å². The summed E-state index contributed by atoms with van der Waals surface area (Å²) in [7, 11) is 1.91. The summed E-state index contributed by atoms with van der Waals surface area (Å²) >= 11 is 5.99. The van der Waals surface area contributed by atoms with E-state index in [4.69, 9.17) is 11.6 Å². The van der Waals surface area contributed by atoms with Crippen LogP contribution < -0.4 is 0 Å². The summed E-state index contributed by atoms with van der Waals surface area (Å²) in [5.74, 6) is 0.734. The molecule has 0 saturated heterocycles. The van der Waals surface area contributed by atoms with Gasteiger partial charge in [-0.25, -0.2) is 4.98 Å². The Morgan fingerprint density at radius 1 is 1.22 bits per heavy atom. The zero-order chi connectivity index (χ0) is 12.9. The Bertz CT molecular complexity index is 741. The Hall–Kier alpha value is -1.95. The van der Waals surface area contributed by atoms with Gasteiger partial charge in [0.05, 0.1) is 11.3 Å². The first kappa shape index (κ1) is 11.2. The predicted octanol–water partition coefficient (Wildman–Crippen LogP) is 1.80. The zero-order valence-electron chi connectivity index (χ0n) is 10.2. The predicted molar refractivity (Wildman–Crippen MR) is 67.5 cm³/mol. The Morgan fingerprint density at radius 2 is 2.00 bits per heavy atom. The molecule has 6 nitrogen and oxygen atoms in total. The first-order valence-electron chi connectivity index (χ1n) is 5.45. The van der Waals surface area contributed by atoms with Gasteiger partial charge in [0.1, 0.15) is 0 Å². The molecule has 0 unspecified atom stereocenters. The lowest BCUT2D eigenvalue weighted by Gasteiger charge is -2.00. The van der Waals surface area contributed by atoms with E-state index >= 15 is 0 Å². The maximum Gasteiger partial charge on any atom is 0.198 e. The molecule has 0 aliphatic heterocycles. The van der Waals surface area contributed by atoms with E-state index in [-0.39, 0.29) is 0 Å². The van der Waals surface area contributed by atoms with E-state index in [1.807, 2.05) is 30.0 Å². The largest absolute Gasteiger partial charge is 0.278 e. The first-order valence-corrected chi connectivity index (χ1v) is 5.83. The Kier molecular flexibility index (Phi) is 2.34. The van der Waals surface area contributed by atoms with Gasteiger partial charge in [-0.05, 0) is 13.8 Å². The number of rotatable bonds is 1. The van der Waals surface area contributed by atoms with Crippen LogP contribution in [0, 0.1) is 13.8 Å². The molecule has 0 radical (unpaired) electrons. The number of aromatic nitrogens is 6. The van der Waals surface area contributed by atoms with Crippen LogP contribution in [0.25, 0.3) is 17.0 Å². The number of aryl methyl sites for hydroxylation is 2. The second-order valence-electron chi connectivity index (χ2n) is 4.10. The molecular formula is C11H11ClN6. The minimum Gasteiger partial charge on any atom is -0.278 e. The van der Waals surface area contributed by atoms with E-state index in [0.29, 0.717) is 10.8 Å². The van der Waals surface area contributed by atoms with Gasteiger partial charge >= 0.3 is 0 Å². The summed E-state index contributed by atoms with van der Waals surface area (Å²) in [5.41, 5.74) is 3.48. The smallest absolute Gasteiger partial charge is 0.198 e. The van der Waals surface area contributed by atoms with Gasteiger partial charge in [-0.1, -0.05) is 11.6 Å². The maximum absolute atomic E-state index is 5.99. The molecule has 0 atom stereocenters. The van der Waals surface area contributed by atoms with Crippen molar-refractivity contribution in [3.8, 4) is 11.4 Å². The van der Waals surface area contributed by atoms with Crippen molar-refractivity contribution in [2.75, 3.05) is 0 Å². The van der Waals surface area contributed by atoms with Crippen molar-refractivity contribution in [3.05, 3.63) is 28.9 Å². The Morgan fingerprint density at radius 3 is 2.67 bits per heavy atom. The van der Waals surface area contributed by atoms with Gasteiger partial charge < -0.3 is 0 Å². The number of halogens is 1. The molecular weight excluding hydrogens is 252 g/mol. The van der Waals surface area contributed by atoms with Crippen molar-refractivity contribution in [1.82, 2.24) is 29.4 Å². The summed E-state index contributed by atoms with van der Waals surface area (Å²) in [5, 5.41) is 13.0. The van der Waals surface area contributed by atoms with Crippen molar-refractivity contribution in [2.24, 2.45) is 7.05 Å². The molecule has 0 fully saturated rings. The fourth-order valence-electron chi connectivity index (χ4n) is 2.06. The van der Waals surface area contributed by atoms with E-state index in [9.17, 15) is 0 Å². The standard InChI is InChI=1S/C11H11ClN6/c1-6-8(7(2)17(3)16-6)10-14-15-11-9(12)13-4-5-18(10)11/h4-5H,1-3H3. The van der Waals surface area contributed by atoms with Crippen LogP contribution in [0.1, 0.15) is 11.4 Å². The molecule has 0 aliphatic rings. The summed E-state index contributed by atoms with van der Waals surface area (Å²) in [6, 6.07) is 0. The average molecular weight is 263 g/mol. The van der Waals surface area contributed by atoms with Gasteiger partial charge in [0, 0.05) is 25.1 Å². The molecule has 0 aliphatic carbocycles. The quantitative estimate of drug-likeness (QED) is 0.671. The van der Waals surface area contributed by atoms with E-state index in [0.717, 1.165) is 22.8 Å². The highest BCUT2D eigenvalue weighted by Gasteiger charge is 2.18. The van der Waals surface area contributed by atoms with Gasteiger partial charge in [0.2, 0.25) is 0 Å². The lowest BCUT2D eigenvalue weighted by molar-refractivity contribution is 0.731. The van der Waals surface area contributed by atoms with E-state index in [1.165, 1.54) is 0 Å². The van der Waals surface area contributed by atoms with Crippen LogP contribution in [0.3, 0.4) is 0 Å². The molecule has 7 heteroatoms. The molecule has 18 heavy (non-hydrogen) atoms. The second-order valence-corrected chi connectivity index (χ2v) is 4.46. The van der Waals surface area contributed by atoms with Crippen LogP contribution in [-0.4, -0.2) is 29.4 Å². The SMILES string of the molecule is Cc1nn(C)c(C)c1-c1nnc2c(Cl)nccn12. The molecule has 0 saturated carbocycles. The van der Waals surface area contributed by atoms with Gasteiger partial charge in [-0.3, -0.25) is 9.08 Å². The summed E-state index contributed by atoms with van der Waals surface area (Å²) in [6.07, 6.45) is 3.42. The fourth-order valence-corrected chi connectivity index (χ4v) is 2.25. The Balaban J connectivity index is 2.36. The van der Waals surface area contributed by atoms with Gasteiger partial charge in [-0.2, -0.15) is 5.10 Å². The third kappa shape index (κ3) is 1.42. The number of nitrogens with zero attached hydrogens (tertiary/aromatic N) is 6. The second kappa shape index (κ2) is 3.78. The van der Waals surface area contributed by atoms with Crippen molar-refractivity contribution in [3.63, 3.8) is 0 Å². The van der Waals surface area contributed by atoms with E-state index < -0.39 is 0 Å². The molecule has 0 bridgehead atoms. The van der Waals surface area contributed by atoms with Gasteiger partial charge in [-0.15, -0.1) is 10.2 Å². The number of hydrogen-bond acceptors (Lipinski definition) is 4. The third-order valence-electron chi connectivity index (χ3n) is 3.02. The summed E-state index contributed by atoms with van der Waals surface area (Å²) in [4.78, 5) is 3.99. The molecule has 0 N–H and O–H groups in total. The monoisotopic (exact) mass is 262 g/mol. The lowest BCUT2D eigenvalue weighted by atomic mass is 10.2. The molecule has 3 aromatic rings. The first-order chi connectivity index (χ1) is 8.59. The van der Waals surface area contributed by atoms with Crippen LogP contribution in [0.2, 0.25) is 5.15 Å². The molecule has 0 aromatic carbocycles. The number of hydrogen-bond donors (Lipinski definition) is 0. The molecule has 3 rings (SSSR count). The highest BCUT2D eigenvalue weighted by molar-refractivity contribution is 6.32. The summed E-state index contributed by atoms with van der Waals surface area (Å²) < 4.78 is 3.65. The molecule has 92 valence electrons. The fraction of sp³-hybridized carbons (Fsp3) is 0.273. The minimum atomic E-state index is 0.343. The van der Waals surface area contributed by atoms with Crippen LogP contribution in [-0.2, 0) is 7.05 Å². The van der Waals surface area contributed by atoms with E-state index in [1.54, 1.807) is 12.4 Å². The van der Waals surface area contributed by atoms with Gasteiger partial charge in [0.25, 0.3) is 0 Å². The van der Waals surface area contributed by atoms with Crippen molar-refractivity contribution >= 4 is 17.2 Å². The van der Waals surface area contributed by atoms with Crippen LogP contribution >= 0.6 is 11.6 Å². The normalized spacial score (nSPS) is 11.3. The summed E-state index contributed by atoms with van der Waals surface area (Å²) in [6.45, 7) is 3.95. The lowest BCUT2D eigenvalue weighted by Crippen LogP contribution is -1.95. The molecule has 3 heterocycles. The molecule has 0 amide bonds. The average Bonchev–Trinajstić information content (AvgIpc) is 2.84. The van der Waals surface area contributed by atoms with Crippen LogP contribution in [0.4, 0.5) is 0 Å². The zero-order valence-corrected chi connectivity index (χ0v) is 11.0. The maximum atomic E-state index is 5.99. The highest BCUT2D eigenvalue weighted by atomic mass is 35.5. The highest BCUT2D eigenvalue weighted by Crippen LogP contribution is 2.26.